The van der Waals surface area contributed by atoms with Crippen LogP contribution in [-0.2, 0) is 6.54 Å². The number of rotatable bonds is 4. The van der Waals surface area contributed by atoms with Gasteiger partial charge < -0.3 is 10.1 Å². The molecule has 0 aliphatic rings. The van der Waals surface area contributed by atoms with Crippen molar-refractivity contribution in [3.63, 3.8) is 0 Å². The van der Waals surface area contributed by atoms with E-state index in [0.29, 0.717) is 5.92 Å². The predicted molar refractivity (Wildman–Crippen MR) is 57.7 cm³/mol. The van der Waals surface area contributed by atoms with Crippen LogP contribution in [0.3, 0.4) is 0 Å². The normalized spacial score (nSPS) is 10.8. The average Bonchev–Trinajstić information content (AvgIpc) is 2.48. The van der Waals surface area contributed by atoms with Crippen molar-refractivity contribution in [2.75, 3.05) is 14.2 Å². The highest BCUT2D eigenvalue weighted by Crippen LogP contribution is 2.33. The van der Waals surface area contributed by atoms with Crippen molar-refractivity contribution in [1.82, 2.24) is 5.32 Å². The second-order valence-electron chi connectivity index (χ2n) is 3.33. The van der Waals surface area contributed by atoms with Gasteiger partial charge in [-0.2, -0.15) is 0 Å². The monoisotopic (exact) mass is 199 g/mol. The van der Waals surface area contributed by atoms with Crippen molar-refractivity contribution in [2.24, 2.45) is 0 Å². The second kappa shape index (κ2) is 4.63. The number of nitrogens with one attached hydrogen (secondary N) is 1. The Hall–Kier alpha value is -0.540. The van der Waals surface area contributed by atoms with E-state index in [1.54, 1.807) is 7.11 Å². The molecule has 1 heterocycles. The highest BCUT2D eigenvalue weighted by atomic mass is 32.1. The van der Waals surface area contributed by atoms with Crippen molar-refractivity contribution in [3.8, 4) is 5.75 Å². The van der Waals surface area contributed by atoms with E-state index in [2.05, 4.69) is 25.2 Å². The first kappa shape index (κ1) is 10.5. The highest BCUT2D eigenvalue weighted by Gasteiger charge is 2.10. The zero-order valence-electron chi connectivity index (χ0n) is 8.68. The number of methoxy groups -OCH3 is 1. The quantitative estimate of drug-likeness (QED) is 0.805. The third-order valence-corrected chi connectivity index (χ3v) is 3.33. The van der Waals surface area contributed by atoms with Gasteiger partial charge in [-0.3, -0.25) is 0 Å². The Bertz CT molecular complexity index is 268. The first-order valence-corrected chi connectivity index (χ1v) is 5.31. The third-order valence-electron chi connectivity index (χ3n) is 1.92. The standard InChI is InChI=1S/C10H17NOS/c1-7(2)9-5-8(12-4)10(13-9)6-11-3/h5,7,11H,6H2,1-4H3. The zero-order chi connectivity index (χ0) is 9.84. The van der Waals surface area contributed by atoms with Crippen LogP contribution < -0.4 is 10.1 Å². The van der Waals surface area contributed by atoms with Gasteiger partial charge in [0.25, 0.3) is 0 Å². The summed E-state index contributed by atoms with van der Waals surface area (Å²) in [4.78, 5) is 2.68. The minimum atomic E-state index is 0.588. The summed E-state index contributed by atoms with van der Waals surface area (Å²) in [5.41, 5.74) is 0. The van der Waals surface area contributed by atoms with Crippen LogP contribution in [0.5, 0.6) is 5.75 Å². The molecule has 74 valence electrons. The Morgan fingerprint density at radius 3 is 2.69 bits per heavy atom. The molecular formula is C10H17NOS. The van der Waals surface area contributed by atoms with Crippen molar-refractivity contribution >= 4 is 11.3 Å². The van der Waals surface area contributed by atoms with Gasteiger partial charge in [0, 0.05) is 11.4 Å². The number of thiophene rings is 1. The van der Waals surface area contributed by atoms with Crippen LogP contribution in [0.2, 0.25) is 0 Å². The molecule has 1 rings (SSSR count). The van der Waals surface area contributed by atoms with E-state index in [4.69, 9.17) is 4.74 Å². The molecule has 0 bridgehead atoms. The van der Waals surface area contributed by atoms with Gasteiger partial charge in [-0.15, -0.1) is 11.3 Å². The molecule has 0 saturated carbocycles. The molecule has 1 aromatic heterocycles. The van der Waals surface area contributed by atoms with E-state index < -0.39 is 0 Å². The van der Waals surface area contributed by atoms with E-state index in [1.165, 1.54) is 9.75 Å². The summed E-state index contributed by atoms with van der Waals surface area (Å²) < 4.78 is 5.30. The van der Waals surface area contributed by atoms with Gasteiger partial charge in [-0.05, 0) is 19.0 Å². The Balaban J connectivity index is 2.90. The molecule has 0 atom stereocenters. The molecular weight excluding hydrogens is 182 g/mol. The van der Waals surface area contributed by atoms with Crippen molar-refractivity contribution in [2.45, 2.75) is 26.3 Å². The lowest BCUT2D eigenvalue weighted by atomic mass is 10.2. The van der Waals surface area contributed by atoms with Crippen molar-refractivity contribution in [1.29, 1.82) is 0 Å². The SMILES string of the molecule is CNCc1sc(C(C)C)cc1OC. The average molecular weight is 199 g/mol. The largest absolute Gasteiger partial charge is 0.496 e. The lowest BCUT2D eigenvalue weighted by Crippen LogP contribution is -2.04. The summed E-state index contributed by atoms with van der Waals surface area (Å²) in [5.74, 6) is 1.60. The van der Waals surface area contributed by atoms with Crippen LogP contribution in [0.1, 0.15) is 29.5 Å². The van der Waals surface area contributed by atoms with Crippen LogP contribution >= 0.6 is 11.3 Å². The molecule has 0 aromatic carbocycles. The lowest BCUT2D eigenvalue weighted by Gasteiger charge is -1.99. The minimum absolute atomic E-state index is 0.588. The predicted octanol–water partition coefficient (Wildman–Crippen LogP) is 2.60. The maximum atomic E-state index is 5.30. The van der Waals surface area contributed by atoms with E-state index in [1.807, 2.05) is 18.4 Å². The van der Waals surface area contributed by atoms with Gasteiger partial charge in [-0.1, -0.05) is 13.8 Å². The molecule has 3 heteroatoms. The zero-order valence-corrected chi connectivity index (χ0v) is 9.49. The molecule has 1 aromatic rings. The van der Waals surface area contributed by atoms with Crippen molar-refractivity contribution < 1.29 is 4.74 Å². The molecule has 0 saturated heterocycles. The summed E-state index contributed by atoms with van der Waals surface area (Å²) in [6, 6.07) is 2.14. The third kappa shape index (κ3) is 2.45. The van der Waals surface area contributed by atoms with E-state index in [9.17, 15) is 0 Å². The van der Waals surface area contributed by atoms with Crippen LogP contribution in [0.15, 0.2) is 6.07 Å². The van der Waals surface area contributed by atoms with Gasteiger partial charge in [0.05, 0.1) is 12.0 Å². The van der Waals surface area contributed by atoms with Crippen LogP contribution in [-0.4, -0.2) is 14.2 Å². The van der Waals surface area contributed by atoms with Gasteiger partial charge in [0.2, 0.25) is 0 Å². The molecule has 2 nitrogen and oxygen atoms in total. The van der Waals surface area contributed by atoms with Crippen LogP contribution in [0.25, 0.3) is 0 Å². The molecule has 0 spiro atoms. The molecule has 0 amide bonds. The Kier molecular flexibility index (Phi) is 3.75. The Morgan fingerprint density at radius 1 is 1.54 bits per heavy atom. The molecule has 0 aliphatic heterocycles. The van der Waals surface area contributed by atoms with Gasteiger partial charge in [0.15, 0.2) is 0 Å². The summed E-state index contributed by atoms with van der Waals surface area (Å²) >= 11 is 1.83. The van der Waals surface area contributed by atoms with E-state index in [-0.39, 0.29) is 0 Å². The fraction of sp³-hybridized carbons (Fsp3) is 0.600. The van der Waals surface area contributed by atoms with Gasteiger partial charge >= 0.3 is 0 Å². The molecule has 1 N–H and O–H groups in total. The van der Waals surface area contributed by atoms with Crippen LogP contribution in [0.4, 0.5) is 0 Å². The fourth-order valence-electron chi connectivity index (χ4n) is 1.17. The summed E-state index contributed by atoms with van der Waals surface area (Å²) in [7, 11) is 3.68. The molecule has 0 radical (unpaired) electrons. The first-order valence-electron chi connectivity index (χ1n) is 4.50. The summed E-state index contributed by atoms with van der Waals surface area (Å²) in [5, 5.41) is 3.14. The highest BCUT2D eigenvalue weighted by molar-refractivity contribution is 7.12. The van der Waals surface area contributed by atoms with E-state index in [0.717, 1.165) is 12.3 Å². The second-order valence-corrected chi connectivity index (χ2v) is 4.49. The van der Waals surface area contributed by atoms with Gasteiger partial charge in [0.1, 0.15) is 5.75 Å². The summed E-state index contributed by atoms with van der Waals surface area (Å²) in [6.07, 6.45) is 0. The Labute approximate surface area is 83.9 Å². The molecule has 0 unspecified atom stereocenters. The molecule has 13 heavy (non-hydrogen) atoms. The molecule has 0 aliphatic carbocycles. The smallest absolute Gasteiger partial charge is 0.134 e. The topological polar surface area (TPSA) is 21.3 Å². The summed E-state index contributed by atoms with van der Waals surface area (Å²) in [6.45, 7) is 5.30. The molecule has 0 fully saturated rings. The number of hydrogen-bond donors (Lipinski definition) is 1. The van der Waals surface area contributed by atoms with E-state index >= 15 is 0 Å². The minimum Gasteiger partial charge on any atom is -0.496 e. The van der Waals surface area contributed by atoms with Crippen molar-refractivity contribution in [3.05, 3.63) is 15.8 Å². The maximum Gasteiger partial charge on any atom is 0.134 e. The lowest BCUT2D eigenvalue weighted by molar-refractivity contribution is 0.411. The number of ether oxygens (including phenoxy) is 1. The van der Waals surface area contributed by atoms with Gasteiger partial charge in [-0.25, -0.2) is 0 Å². The number of hydrogen-bond acceptors (Lipinski definition) is 3. The maximum absolute atomic E-state index is 5.30. The Morgan fingerprint density at radius 2 is 2.23 bits per heavy atom. The van der Waals surface area contributed by atoms with Crippen LogP contribution in [0, 0.1) is 0 Å². The fourth-order valence-corrected chi connectivity index (χ4v) is 2.32. The first-order chi connectivity index (χ1) is 6.19.